The Morgan fingerprint density at radius 2 is 1.81 bits per heavy atom. The molecular formula is C19H23N3O4S. The van der Waals surface area contributed by atoms with E-state index in [2.05, 4.69) is 15.6 Å². The molecular weight excluding hydrogens is 366 g/mol. The second-order valence-corrected chi connectivity index (χ2v) is 8.02. The number of thiophene rings is 1. The molecule has 144 valence electrons. The Balaban J connectivity index is 2.20. The number of nitrogens with zero attached hydrogens (tertiary/aromatic N) is 1. The maximum absolute atomic E-state index is 12.8. The lowest BCUT2D eigenvalue weighted by atomic mass is 9.85. The first-order chi connectivity index (χ1) is 12.7. The zero-order chi connectivity index (χ0) is 20.0. The van der Waals surface area contributed by atoms with Crippen LogP contribution in [0.15, 0.2) is 41.4 Å². The van der Waals surface area contributed by atoms with Crippen molar-refractivity contribution in [1.82, 2.24) is 10.3 Å². The third kappa shape index (κ3) is 5.89. The lowest BCUT2D eigenvalue weighted by molar-refractivity contribution is -0.140. The highest BCUT2D eigenvalue weighted by Crippen LogP contribution is 2.26. The highest BCUT2D eigenvalue weighted by Gasteiger charge is 2.35. The van der Waals surface area contributed by atoms with E-state index in [1.807, 2.05) is 20.8 Å². The Bertz CT molecular complexity index is 785. The van der Waals surface area contributed by atoms with E-state index in [1.165, 1.54) is 11.3 Å². The zero-order valence-electron chi connectivity index (χ0n) is 15.4. The molecule has 0 saturated heterocycles. The minimum absolute atomic E-state index is 0.342. The van der Waals surface area contributed by atoms with E-state index in [0.717, 1.165) is 0 Å². The summed E-state index contributed by atoms with van der Waals surface area (Å²) in [5.74, 6) is -2.79. The number of carboxylic acid groups (broad SMARTS) is 1. The number of pyridine rings is 1. The normalized spacial score (nSPS) is 13.4. The number of rotatable bonds is 7. The Kier molecular flexibility index (Phi) is 6.68. The van der Waals surface area contributed by atoms with Gasteiger partial charge in [-0.1, -0.05) is 20.8 Å². The van der Waals surface area contributed by atoms with Gasteiger partial charge in [-0.25, -0.2) is 0 Å². The fraction of sp³-hybridized carbons (Fsp3) is 0.368. The number of anilines is 1. The molecule has 2 aromatic rings. The summed E-state index contributed by atoms with van der Waals surface area (Å²) in [4.78, 5) is 40.7. The van der Waals surface area contributed by atoms with Crippen molar-refractivity contribution in [3.8, 4) is 0 Å². The summed E-state index contributed by atoms with van der Waals surface area (Å²) in [7, 11) is 0. The summed E-state index contributed by atoms with van der Waals surface area (Å²) in [6.45, 7) is 5.50. The van der Waals surface area contributed by atoms with E-state index in [4.69, 9.17) is 5.11 Å². The average Bonchev–Trinajstić information content (AvgIpc) is 3.11. The maximum Gasteiger partial charge on any atom is 0.304 e. The van der Waals surface area contributed by atoms with Crippen molar-refractivity contribution in [2.24, 2.45) is 5.41 Å². The largest absolute Gasteiger partial charge is 0.481 e. The van der Waals surface area contributed by atoms with E-state index >= 15 is 0 Å². The van der Waals surface area contributed by atoms with Crippen LogP contribution in [0.1, 0.15) is 38.7 Å². The minimum Gasteiger partial charge on any atom is -0.481 e. The van der Waals surface area contributed by atoms with Crippen LogP contribution in [0.3, 0.4) is 0 Å². The second kappa shape index (κ2) is 8.77. The number of aromatic nitrogens is 1. The summed E-state index contributed by atoms with van der Waals surface area (Å²) in [6.07, 6.45) is 2.77. The number of hydrogen-bond acceptors (Lipinski definition) is 5. The molecule has 2 aromatic heterocycles. The maximum atomic E-state index is 12.8. The minimum atomic E-state index is -1.07. The molecule has 3 N–H and O–H groups in total. The zero-order valence-corrected chi connectivity index (χ0v) is 16.2. The molecule has 0 aliphatic carbocycles. The number of amides is 2. The fourth-order valence-corrected chi connectivity index (χ4v) is 3.29. The molecule has 0 aliphatic rings. The van der Waals surface area contributed by atoms with Crippen molar-refractivity contribution in [3.63, 3.8) is 0 Å². The molecule has 0 unspecified atom stereocenters. The molecule has 2 amide bonds. The molecule has 2 atom stereocenters. The van der Waals surface area contributed by atoms with Crippen LogP contribution in [0.4, 0.5) is 5.69 Å². The fourth-order valence-electron chi connectivity index (χ4n) is 2.58. The summed E-state index contributed by atoms with van der Waals surface area (Å²) >= 11 is 1.39. The van der Waals surface area contributed by atoms with E-state index in [9.17, 15) is 14.4 Å². The van der Waals surface area contributed by atoms with Gasteiger partial charge in [-0.2, -0.15) is 11.3 Å². The standard InChI is InChI=1S/C19H23N3O4S/c1-19(2,3)16(18(26)21-13-4-7-20-8-5-13)22-17(25)14(10-15(23)24)12-6-9-27-11-12/h4-9,11,14,16H,10H2,1-3H3,(H,22,25)(H,23,24)(H,20,21,26)/t14-,16+/m0/s1. The molecule has 0 fully saturated rings. The van der Waals surface area contributed by atoms with Gasteiger partial charge in [-0.3, -0.25) is 19.4 Å². The number of carboxylic acids is 1. The molecule has 8 heteroatoms. The lowest BCUT2D eigenvalue weighted by Crippen LogP contribution is -2.52. The quantitative estimate of drug-likeness (QED) is 0.675. The number of hydrogen-bond donors (Lipinski definition) is 3. The average molecular weight is 389 g/mol. The number of aliphatic carboxylic acids is 1. The second-order valence-electron chi connectivity index (χ2n) is 7.24. The molecule has 0 bridgehead atoms. The van der Waals surface area contributed by atoms with Crippen molar-refractivity contribution in [2.75, 3.05) is 5.32 Å². The SMILES string of the molecule is CC(C)(C)[C@H](NC(=O)[C@@H](CC(=O)O)c1ccsc1)C(=O)Nc1ccncc1. The van der Waals surface area contributed by atoms with Gasteiger partial charge in [0, 0.05) is 18.1 Å². The summed E-state index contributed by atoms with van der Waals surface area (Å²) in [5.41, 5.74) is 0.621. The summed E-state index contributed by atoms with van der Waals surface area (Å²) < 4.78 is 0. The monoisotopic (exact) mass is 389 g/mol. The van der Waals surface area contributed by atoms with Gasteiger partial charge in [-0.15, -0.1) is 0 Å². The smallest absolute Gasteiger partial charge is 0.304 e. The number of carbonyl (C=O) groups excluding carboxylic acids is 2. The van der Waals surface area contributed by atoms with E-state index < -0.39 is 29.3 Å². The van der Waals surface area contributed by atoms with Gasteiger partial charge in [0.05, 0.1) is 12.3 Å². The lowest BCUT2D eigenvalue weighted by Gasteiger charge is -2.31. The van der Waals surface area contributed by atoms with Crippen molar-refractivity contribution in [1.29, 1.82) is 0 Å². The predicted molar refractivity (Wildman–Crippen MR) is 104 cm³/mol. The highest BCUT2D eigenvalue weighted by atomic mass is 32.1. The molecule has 2 heterocycles. The Morgan fingerprint density at radius 3 is 2.33 bits per heavy atom. The molecule has 2 rings (SSSR count). The van der Waals surface area contributed by atoms with Crippen LogP contribution >= 0.6 is 11.3 Å². The first kappa shape index (κ1) is 20.6. The van der Waals surface area contributed by atoms with Crippen molar-refractivity contribution >= 4 is 34.8 Å². The van der Waals surface area contributed by atoms with Crippen LogP contribution in [0, 0.1) is 5.41 Å². The van der Waals surface area contributed by atoms with Gasteiger partial charge in [0.1, 0.15) is 6.04 Å². The van der Waals surface area contributed by atoms with Crippen molar-refractivity contribution in [3.05, 3.63) is 46.9 Å². The number of carbonyl (C=O) groups is 3. The molecule has 0 spiro atoms. The van der Waals surface area contributed by atoms with E-state index in [0.29, 0.717) is 11.3 Å². The Labute approximate surface area is 161 Å². The third-order valence-corrected chi connectivity index (χ3v) is 4.70. The predicted octanol–water partition coefficient (Wildman–Crippen LogP) is 2.87. The summed E-state index contributed by atoms with van der Waals surface area (Å²) in [5, 5.41) is 18.2. The van der Waals surface area contributed by atoms with Gasteiger partial charge >= 0.3 is 5.97 Å². The number of nitrogens with one attached hydrogen (secondary N) is 2. The third-order valence-electron chi connectivity index (χ3n) is 4.00. The van der Waals surface area contributed by atoms with Crippen LogP contribution in [-0.2, 0) is 14.4 Å². The van der Waals surface area contributed by atoms with E-state index in [-0.39, 0.29) is 12.3 Å². The van der Waals surface area contributed by atoms with Crippen LogP contribution in [0.25, 0.3) is 0 Å². The van der Waals surface area contributed by atoms with Gasteiger partial charge < -0.3 is 15.7 Å². The van der Waals surface area contributed by atoms with Crippen LogP contribution in [0.5, 0.6) is 0 Å². The molecule has 0 saturated carbocycles. The molecule has 0 aliphatic heterocycles. The molecule has 0 radical (unpaired) electrons. The van der Waals surface area contributed by atoms with Gasteiger partial charge in [-0.05, 0) is 39.9 Å². The molecule has 27 heavy (non-hydrogen) atoms. The van der Waals surface area contributed by atoms with Gasteiger partial charge in [0.25, 0.3) is 0 Å². The van der Waals surface area contributed by atoms with Gasteiger partial charge in [0.15, 0.2) is 0 Å². The first-order valence-electron chi connectivity index (χ1n) is 8.43. The van der Waals surface area contributed by atoms with E-state index in [1.54, 1.807) is 41.4 Å². The molecule has 0 aromatic carbocycles. The van der Waals surface area contributed by atoms with Crippen molar-refractivity contribution < 1.29 is 19.5 Å². The van der Waals surface area contributed by atoms with Crippen LogP contribution in [-0.4, -0.2) is 33.9 Å². The highest BCUT2D eigenvalue weighted by molar-refractivity contribution is 7.08. The Morgan fingerprint density at radius 1 is 1.15 bits per heavy atom. The van der Waals surface area contributed by atoms with Crippen molar-refractivity contribution in [2.45, 2.75) is 39.2 Å². The summed E-state index contributed by atoms with van der Waals surface area (Å²) in [6, 6.07) is 4.19. The van der Waals surface area contributed by atoms with Crippen LogP contribution in [0.2, 0.25) is 0 Å². The van der Waals surface area contributed by atoms with Gasteiger partial charge in [0.2, 0.25) is 11.8 Å². The topological polar surface area (TPSA) is 108 Å². The van der Waals surface area contributed by atoms with Crippen LogP contribution < -0.4 is 10.6 Å². The Hall–Kier alpha value is -2.74. The molecule has 7 nitrogen and oxygen atoms in total. The first-order valence-corrected chi connectivity index (χ1v) is 9.38.